The number of carboxylic acid groups (broad SMARTS) is 1. The average Bonchev–Trinajstić information content (AvgIpc) is 3.05. The number of hydrogen-bond acceptors (Lipinski definition) is 4. The third-order valence-corrected chi connectivity index (χ3v) is 6.57. The molecule has 0 radical (unpaired) electrons. The van der Waals surface area contributed by atoms with Gasteiger partial charge in [-0.2, -0.15) is 0 Å². The number of hydrogen-bond donors (Lipinski definition) is 3. The molecule has 1 atom stereocenters. The Labute approximate surface area is 193 Å². The maximum atomic E-state index is 12.9. The Kier molecular flexibility index (Phi) is 6.15. The Morgan fingerprint density at radius 3 is 2.06 bits per heavy atom. The van der Waals surface area contributed by atoms with Gasteiger partial charge >= 0.3 is 12.1 Å². The minimum absolute atomic E-state index is 0.0620. The van der Waals surface area contributed by atoms with Crippen molar-refractivity contribution in [3.05, 3.63) is 59.7 Å². The van der Waals surface area contributed by atoms with Crippen LogP contribution in [0.1, 0.15) is 50.7 Å². The van der Waals surface area contributed by atoms with Gasteiger partial charge in [0, 0.05) is 12.0 Å². The summed E-state index contributed by atoms with van der Waals surface area (Å²) in [6, 6.07) is 15.2. The second-order valence-electron chi connectivity index (χ2n) is 9.98. The van der Waals surface area contributed by atoms with Gasteiger partial charge in [0.1, 0.15) is 12.6 Å². The number of benzene rings is 2. The van der Waals surface area contributed by atoms with Crippen LogP contribution in [0.4, 0.5) is 4.79 Å². The van der Waals surface area contributed by atoms with E-state index in [9.17, 15) is 14.4 Å². The van der Waals surface area contributed by atoms with Crippen molar-refractivity contribution in [1.82, 2.24) is 10.6 Å². The van der Waals surface area contributed by atoms with E-state index in [0.717, 1.165) is 22.3 Å². The largest absolute Gasteiger partial charge is 0.481 e. The molecule has 1 fully saturated rings. The number of aliphatic carboxylic acids is 1. The third-order valence-electron chi connectivity index (χ3n) is 6.57. The molecule has 0 aromatic heterocycles. The Morgan fingerprint density at radius 2 is 1.55 bits per heavy atom. The summed E-state index contributed by atoms with van der Waals surface area (Å²) < 4.78 is 5.60. The normalized spacial score (nSPS) is 20.1. The van der Waals surface area contributed by atoms with Crippen molar-refractivity contribution in [3.8, 4) is 11.1 Å². The quantitative estimate of drug-likeness (QED) is 0.619. The van der Waals surface area contributed by atoms with E-state index >= 15 is 0 Å². The van der Waals surface area contributed by atoms with Crippen LogP contribution in [0.5, 0.6) is 0 Å². The fourth-order valence-corrected chi connectivity index (χ4v) is 4.66. The highest BCUT2D eigenvalue weighted by Gasteiger charge is 2.39. The van der Waals surface area contributed by atoms with E-state index in [1.165, 1.54) is 0 Å². The number of carbonyl (C=O) groups excluding carboxylic acids is 2. The number of alkyl carbamates (subject to hydrolysis) is 1. The fourth-order valence-electron chi connectivity index (χ4n) is 4.66. The molecule has 7 heteroatoms. The SMILES string of the molecule is CC(C)(C)C(NC(=O)OCC1c2ccccc2-c2ccccc21)C(=O)NC1CC(C(=O)O)C1. The van der Waals surface area contributed by atoms with Gasteiger partial charge in [-0.05, 0) is 40.5 Å². The molecule has 2 aromatic carbocycles. The van der Waals surface area contributed by atoms with Crippen LogP contribution in [0.2, 0.25) is 0 Å². The predicted molar refractivity (Wildman–Crippen MR) is 124 cm³/mol. The first-order valence-electron chi connectivity index (χ1n) is 11.3. The first-order chi connectivity index (χ1) is 15.6. The van der Waals surface area contributed by atoms with Crippen molar-refractivity contribution in [2.24, 2.45) is 11.3 Å². The lowest BCUT2D eigenvalue weighted by atomic mass is 9.79. The fraction of sp³-hybridized carbons (Fsp3) is 0.423. The van der Waals surface area contributed by atoms with Crippen molar-refractivity contribution in [1.29, 1.82) is 0 Å². The molecule has 174 valence electrons. The number of carbonyl (C=O) groups is 3. The molecule has 7 nitrogen and oxygen atoms in total. The van der Waals surface area contributed by atoms with E-state index in [-0.39, 0.29) is 24.5 Å². The molecular formula is C26H30N2O5. The van der Waals surface area contributed by atoms with Crippen LogP contribution in [-0.2, 0) is 14.3 Å². The number of amides is 2. The maximum absolute atomic E-state index is 12.9. The lowest BCUT2D eigenvalue weighted by Gasteiger charge is -2.36. The Hall–Kier alpha value is -3.35. The van der Waals surface area contributed by atoms with Gasteiger partial charge < -0.3 is 20.5 Å². The maximum Gasteiger partial charge on any atom is 0.407 e. The number of ether oxygens (including phenoxy) is 1. The second kappa shape index (κ2) is 8.89. The highest BCUT2D eigenvalue weighted by atomic mass is 16.5. The van der Waals surface area contributed by atoms with Crippen molar-refractivity contribution in [3.63, 3.8) is 0 Å². The van der Waals surface area contributed by atoms with Crippen LogP contribution < -0.4 is 10.6 Å². The molecule has 3 N–H and O–H groups in total. The van der Waals surface area contributed by atoms with Crippen LogP contribution in [0.25, 0.3) is 11.1 Å². The smallest absolute Gasteiger partial charge is 0.407 e. The minimum Gasteiger partial charge on any atom is -0.481 e. The molecule has 1 unspecified atom stereocenters. The highest BCUT2D eigenvalue weighted by molar-refractivity contribution is 5.87. The molecule has 4 rings (SSSR count). The van der Waals surface area contributed by atoms with E-state index in [2.05, 4.69) is 34.9 Å². The monoisotopic (exact) mass is 450 g/mol. The summed E-state index contributed by atoms with van der Waals surface area (Å²) in [4.78, 5) is 36.6. The summed E-state index contributed by atoms with van der Waals surface area (Å²) in [6.45, 7) is 5.76. The van der Waals surface area contributed by atoms with Gasteiger partial charge in [0.25, 0.3) is 0 Å². The first kappa shape index (κ1) is 22.8. The Balaban J connectivity index is 1.39. The van der Waals surface area contributed by atoms with E-state index in [4.69, 9.17) is 9.84 Å². The zero-order chi connectivity index (χ0) is 23.8. The van der Waals surface area contributed by atoms with Crippen molar-refractivity contribution < 1.29 is 24.2 Å². The van der Waals surface area contributed by atoms with Gasteiger partial charge in [-0.3, -0.25) is 9.59 Å². The molecular weight excluding hydrogens is 420 g/mol. The summed E-state index contributed by atoms with van der Waals surface area (Å²) in [5, 5.41) is 14.6. The lowest BCUT2D eigenvalue weighted by Crippen LogP contribution is -2.57. The van der Waals surface area contributed by atoms with Crippen LogP contribution in [0.15, 0.2) is 48.5 Å². The first-order valence-corrected chi connectivity index (χ1v) is 11.3. The van der Waals surface area contributed by atoms with Crippen molar-refractivity contribution in [2.45, 2.75) is 51.6 Å². The zero-order valence-electron chi connectivity index (χ0n) is 19.1. The number of nitrogens with one attached hydrogen (secondary N) is 2. The summed E-state index contributed by atoms with van der Waals surface area (Å²) in [6.07, 6.45) is 0.162. The van der Waals surface area contributed by atoms with Crippen LogP contribution in [0, 0.1) is 11.3 Å². The minimum atomic E-state index is -0.843. The predicted octanol–water partition coefficient (Wildman–Crippen LogP) is 3.92. The van der Waals surface area contributed by atoms with E-state index in [0.29, 0.717) is 12.8 Å². The van der Waals surface area contributed by atoms with Gasteiger partial charge in [-0.25, -0.2) is 4.79 Å². The molecule has 0 saturated heterocycles. The Morgan fingerprint density at radius 1 is 1.00 bits per heavy atom. The van der Waals surface area contributed by atoms with E-state index in [1.54, 1.807) is 0 Å². The third kappa shape index (κ3) is 4.72. The van der Waals surface area contributed by atoms with Crippen molar-refractivity contribution >= 4 is 18.0 Å². The molecule has 2 aliphatic rings. The summed E-state index contributed by atoms with van der Waals surface area (Å²) in [5.74, 6) is -1.65. The van der Waals surface area contributed by atoms with Crippen LogP contribution >= 0.6 is 0 Å². The molecule has 2 aliphatic carbocycles. The van der Waals surface area contributed by atoms with Gasteiger partial charge in [-0.15, -0.1) is 0 Å². The summed E-state index contributed by atoms with van der Waals surface area (Å²) in [7, 11) is 0. The average molecular weight is 451 g/mol. The van der Waals surface area contributed by atoms with Gasteiger partial charge in [0.05, 0.1) is 5.92 Å². The second-order valence-corrected chi connectivity index (χ2v) is 9.98. The molecule has 0 aliphatic heterocycles. The zero-order valence-corrected chi connectivity index (χ0v) is 19.1. The molecule has 0 heterocycles. The van der Waals surface area contributed by atoms with Gasteiger partial charge in [0.15, 0.2) is 0 Å². The van der Waals surface area contributed by atoms with Crippen LogP contribution in [-0.4, -0.2) is 41.8 Å². The van der Waals surface area contributed by atoms with E-state index in [1.807, 2.05) is 45.0 Å². The molecule has 0 bridgehead atoms. The number of fused-ring (bicyclic) bond motifs is 3. The molecule has 0 spiro atoms. The number of rotatable bonds is 6. The summed E-state index contributed by atoms with van der Waals surface area (Å²) >= 11 is 0. The van der Waals surface area contributed by atoms with Gasteiger partial charge in [-0.1, -0.05) is 69.3 Å². The summed E-state index contributed by atoms with van der Waals surface area (Å²) in [5.41, 5.74) is 3.98. The standard InChI is InChI=1S/C26H30N2O5/c1-26(2,3)22(23(29)27-16-12-15(13-16)24(30)31)28-25(32)33-14-21-19-10-6-4-8-17(19)18-9-5-7-11-20(18)21/h4-11,15-16,21-22H,12-14H2,1-3H3,(H,27,29)(H,28,32)(H,30,31). The Bertz CT molecular complexity index is 1020. The van der Waals surface area contributed by atoms with E-state index < -0.39 is 29.4 Å². The topological polar surface area (TPSA) is 105 Å². The van der Waals surface area contributed by atoms with Crippen molar-refractivity contribution in [2.75, 3.05) is 6.61 Å². The van der Waals surface area contributed by atoms with Crippen LogP contribution in [0.3, 0.4) is 0 Å². The molecule has 1 saturated carbocycles. The highest BCUT2D eigenvalue weighted by Crippen LogP contribution is 2.44. The molecule has 2 aromatic rings. The molecule has 33 heavy (non-hydrogen) atoms. The lowest BCUT2D eigenvalue weighted by molar-refractivity contribution is -0.146. The number of carboxylic acids is 1. The van der Waals surface area contributed by atoms with Gasteiger partial charge in [0.2, 0.25) is 5.91 Å². The molecule has 2 amide bonds.